The molecule has 5 rings (SSSR count). The minimum Gasteiger partial charge on any atom is -0.455 e. The van der Waals surface area contributed by atoms with E-state index in [-0.39, 0.29) is 0 Å². The summed E-state index contributed by atoms with van der Waals surface area (Å²) in [4.78, 5) is 9.06. The Morgan fingerprint density at radius 2 is 1.74 bits per heavy atom. The number of fused-ring (bicyclic) bond motifs is 1. The summed E-state index contributed by atoms with van der Waals surface area (Å²) in [5, 5.41) is 0.866. The van der Waals surface area contributed by atoms with E-state index in [0.29, 0.717) is 38.4 Å². The summed E-state index contributed by atoms with van der Waals surface area (Å²) in [5.41, 5.74) is 3.73. The maximum atomic E-state index is 6.29. The van der Waals surface area contributed by atoms with E-state index in [4.69, 9.17) is 32.0 Å². The van der Waals surface area contributed by atoms with Crippen LogP contribution in [0.1, 0.15) is 5.76 Å². The number of oxazole rings is 1. The van der Waals surface area contributed by atoms with Crippen LogP contribution in [0, 0.1) is 3.57 Å². The normalized spacial score (nSPS) is 11.6. The second kappa shape index (κ2) is 8.49. The monoisotopic (exact) mass is 558 g/mol. The molecule has 7 heteroatoms. The average molecular weight is 559 g/mol. The van der Waals surface area contributed by atoms with E-state index in [1.807, 2.05) is 66.7 Å². The van der Waals surface area contributed by atoms with Gasteiger partial charge in [-0.15, -0.1) is 0 Å². The van der Waals surface area contributed by atoms with Gasteiger partial charge in [-0.25, -0.2) is 4.98 Å². The first kappa shape index (κ1) is 20.3. The van der Waals surface area contributed by atoms with Crippen LogP contribution < -0.4 is 0 Å². The van der Waals surface area contributed by atoms with Gasteiger partial charge in [0.05, 0.1) is 27.5 Å². The highest BCUT2D eigenvalue weighted by atomic mass is 127. The van der Waals surface area contributed by atoms with Gasteiger partial charge in [0.1, 0.15) is 17.0 Å². The van der Waals surface area contributed by atoms with Crippen LogP contribution in [0.15, 0.2) is 86.6 Å². The first-order chi connectivity index (χ1) is 15.1. The molecule has 3 aromatic carbocycles. The second-order valence-electron chi connectivity index (χ2n) is 6.74. The molecule has 0 aliphatic rings. The molecular formula is C24H13Cl2IN2O2. The molecule has 0 saturated heterocycles. The summed E-state index contributed by atoms with van der Waals surface area (Å²) in [7, 11) is 0. The van der Waals surface area contributed by atoms with E-state index in [0.717, 1.165) is 17.0 Å². The van der Waals surface area contributed by atoms with Gasteiger partial charge in [0.15, 0.2) is 5.58 Å². The molecule has 0 fully saturated rings. The first-order valence-corrected chi connectivity index (χ1v) is 11.1. The first-order valence-electron chi connectivity index (χ1n) is 9.32. The minimum absolute atomic E-state index is 0.413. The zero-order valence-electron chi connectivity index (χ0n) is 15.9. The standard InChI is InChI=1S/C24H13Cl2IN2O2/c25-19-3-1-2-18(23(19)26)24-29-20-12-16(8-10-22(20)31-24)28-13-17-9-11-21(30-17)14-4-6-15(27)7-5-14/h1-13H. The quantitative estimate of drug-likeness (QED) is 0.164. The fourth-order valence-corrected chi connectivity index (χ4v) is 3.85. The molecule has 0 radical (unpaired) electrons. The third-order valence-corrected chi connectivity index (χ3v) is 6.19. The fraction of sp³-hybridized carbons (Fsp3) is 0. The summed E-state index contributed by atoms with van der Waals surface area (Å²) in [6.07, 6.45) is 1.69. The maximum Gasteiger partial charge on any atom is 0.228 e. The Labute approximate surface area is 201 Å². The predicted octanol–water partition coefficient (Wildman–Crippen LogP) is 8.42. The van der Waals surface area contributed by atoms with Gasteiger partial charge >= 0.3 is 0 Å². The molecule has 4 nitrogen and oxygen atoms in total. The summed E-state index contributed by atoms with van der Waals surface area (Å²) in [5.74, 6) is 1.88. The van der Waals surface area contributed by atoms with Crippen LogP contribution in [0.4, 0.5) is 5.69 Å². The number of aliphatic imine (C=N–C) groups is 1. The van der Waals surface area contributed by atoms with Crippen molar-refractivity contribution in [2.75, 3.05) is 0 Å². The number of hydrogen-bond acceptors (Lipinski definition) is 4. The van der Waals surface area contributed by atoms with Gasteiger partial charge in [0, 0.05) is 9.13 Å². The number of rotatable bonds is 4. The molecule has 0 unspecified atom stereocenters. The molecule has 0 aliphatic heterocycles. The summed E-state index contributed by atoms with van der Waals surface area (Å²) in [6.45, 7) is 0. The van der Waals surface area contributed by atoms with Gasteiger partial charge in [-0.1, -0.05) is 41.4 Å². The van der Waals surface area contributed by atoms with Gasteiger partial charge < -0.3 is 8.83 Å². The van der Waals surface area contributed by atoms with Crippen molar-refractivity contribution in [2.24, 2.45) is 4.99 Å². The van der Waals surface area contributed by atoms with Crippen molar-refractivity contribution in [3.8, 4) is 22.8 Å². The van der Waals surface area contributed by atoms with Crippen molar-refractivity contribution in [2.45, 2.75) is 0 Å². The number of aromatic nitrogens is 1. The Bertz CT molecular complexity index is 1420. The lowest BCUT2D eigenvalue weighted by Gasteiger charge is -2.00. The third-order valence-electron chi connectivity index (χ3n) is 4.65. The SMILES string of the molecule is Clc1cccc(-c2nc3cc(N=Cc4ccc(-c5ccc(I)cc5)o4)ccc3o2)c1Cl. The summed E-state index contributed by atoms with van der Waals surface area (Å²) in [6, 6.07) is 22.9. The van der Waals surface area contributed by atoms with Gasteiger partial charge in [0.2, 0.25) is 5.89 Å². The Kier molecular flexibility index (Phi) is 5.56. The number of nitrogens with zero attached hydrogens (tertiary/aromatic N) is 2. The lowest BCUT2D eigenvalue weighted by molar-refractivity contribution is 0.575. The molecule has 2 heterocycles. The van der Waals surface area contributed by atoms with Crippen LogP contribution in [0.5, 0.6) is 0 Å². The van der Waals surface area contributed by atoms with E-state index < -0.39 is 0 Å². The van der Waals surface area contributed by atoms with Crippen molar-refractivity contribution >= 4 is 68.8 Å². The molecular weight excluding hydrogens is 546 g/mol. The summed E-state index contributed by atoms with van der Waals surface area (Å²) >= 11 is 14.7. The van der Waals surface area contributed by atoms with Crippen LogP contribution >= 0.6 is 45.8 Å². The minimum atomic E-state index is 0.413. The Hall–Kier alpha value is -2.61. The van der Waals surface area contributed by atoms with Gasteiger partial charge in [-0.2, -0.15) is 0 Å². The zero-order chi connectivity index (χ0) is 21.4. The highest BCUT2D eigenvalue weighted by Crippen LogP contribution is 2.35. The number of furan rings is 1. The Balaban J connectivity index is 1.40. The van der Waals surface area contributed by atoms with Crippen molar-refractivity contribution in [3.05, 3.63) is 92.2 Å². The maximum absolute atomic E-state index is 6.29. The van der Waals surface area contributed by atoms with E-state index in [1.54, 1.807) is 12.3 Å². The molecule has 152 valence electrons. The molecule has 5 aromatic rings. The van der Waals surface area contributed by atoms with Gasteiger partial charge in [-0.3, -0.25) is 4.99 Å². The number of halogens is 3. The molecule has 0 bridgehead atoms. The molecule has 31 heavy (non-hydrogen) atoms. The molecule has 2 aromatic heterocycles. The van der Waals surface area contributed by atoms with Gasteiger partial charge in [-0.05, 0) is 77.2 Å². The van der Waals surface area contributed by atoms with Crippen molar-refractivity contribution in [1.82, 2.24) is 4.98 Å². The lowest BCUT2D eigenvalue weighted by atomic mass is 10.2. The van der Waals surface area contributed by atoms with Gasteiger partial charge in [0.25, 0.3) is 0 Å². The zero-order valence-corrected chi connectivity index (χ0v) is 19.5. The molecule has 0 N–H and O–H groups in total. The Morgan fingerprint density at radius 3 is 2.58 bits per heavy atom. The number of benzene rings is 3. The van der Waals surface area contributed by atoms with E-state index >= 15 is 0 Å². The van der Waals surface area contributed by atoms with Crippen molar-refractivity contribution in [1.29, 1.82) is 0 Å². The van der Waals surface area contributed by atoms with Crippen LogP contribution in [-0.4, -0.2) is 11.2 Å². The Morgan fingerprint density at radius 1 is 0.903 bits per heavy atom. The average Bonchev–Trinajstić information content (AvgIpc) is 3.41. The smallest absolute Gasteiger partial charge is 0.228 e. The third kappa shape index (κ3) is 4.26. The second-order valence-corrected chi connectivity index (χ2v) is 8.77. The highest BCUT2D eigenvalue weighted by molar-refractivity contribution is 14.1. The van der Waals surface area contributed by atoms with Crippen LogP contribution in [0.2, 0.25) is 10.0 Å². The fourth-order valence-electron chi connectivity index (χ4n) is 3.11. The van der Waals surface area contributed by atoms with E-state index in [9.17, 15) is 0 Å². The van der Waals surface area contributed by atoms with Crippen molar-refractivity contribution in [3.63, 3.8) is 0 Å². The van der Waals surface area contributed by atoms with Crippen LogP contribution in [0.3, 0.4) is 0 Å². The molecule has 0 amide bonds. The topological polar surface area (TPSA) is 51.5 Å². The number of hydrogen-bond donors (Lipinski definition) is 0. The van der Waals surface area contributed by atoms with Crippen molar-refractivity contribution < 1.29 is 8.83 Å². The molecule has 0 aliphatic carbocycles. The van der Waals surface area contributed by atoms with E-state index in [2.05, 4.69) is 32.6 Å². The molecule has 0 saturated carbocycles. The molecule has 0 spiro atoms. The predicted molar refractivity (Wildman–Crippen MR) is 134 cm³/mol. The van der Waals surface area contributed by atoms with Crippen LogP contribution in [-0.2, 0) is 0 Å². The van der Waals surface area contributed by atoms with Crippen LogP contribution in [0.25, 0.3) is 33.9 Å². The largest absolute Gasteiger partial charge is 0.455 e. The van der Waals surface area contributed by atoms with E-state index in [1.165, 1.54) is 3.57 Å². The lowest BCUT2D eigenvalue weighted by Crippen LogP contribution is -1.80. The highest BCUT2D eigenvalue weighted by Gasteiger charge is 2.13. The molecule has 0 atom stereocenters. The summed E-state index contributed by atoms with van der Waals surface area (Å²) < 4.78 is 12.9.